The molecule has 0 aromatic heterocycles. The zero-order chi connectivity index (χ0) is 20.4. The van der Waals surface area contributed by atoms with Crippen LogP contribution in [0.3, 0.4) is 0 Å². The number of nitrogens with zero attached hydrogens (tertiary/aromatic N) is 1. The van der Waals surface area contributed by atoms with E-state index in [0.29, 0.717) is 5.75 Å². The highest BCUT2D eigenvalue weighted by Crippen LogP contribution is 2.39. The Hall–Kier alpha value is -2.50. The SMILES string of the molecule is COc1ccc2c(CN3CCCC[C@H]3CO)cc3cc(OC)c(OC)cc3c2c1. The molecule has 1 heterocycles. The third-order valence-corrected chi connectivity index (χ3v) is 6.08. The van der Waals surface area contributed by atoms with Crippen LogP contribution in [0.15, 0.2) is 36.4 Å². The van der Waals surface area contributed by atoms with Gasteiger partial charge in [0.15, 0.2) is 11.5 Å². The predicted octanol–water partition coefficient (Wildman–Crippen LogP) is 4.37. The zero-order valence-electron chi connectivity index (χ0n) is 17.4. The quantitative estimate of drug-likeness (QED) is 0.628. The van der Waals surface area contributed by atoms with Gasteiger partial charge in [-0.05, 0) is 76.8 Å². The molecule has 4 rings (SSSR count). The van der Waals surface area contributed by atoms with Crippen molar-refractivity contribution in [2.24, 2.45) is 0 Å². The van der Waals surface area contributed by atoms with Gasteiger partial charge in [-0.1, -0.05) is 12.5 Å². The van der Waals surface area contributed by atoms with Crippen molar-refractivity contribution in [3.63, 3.8) is 0 Å². The second-order valence-electron chi connectivity index (χ2n) is 7.68. The van der Waals surface area contributed by atoms with E-state index in [-0.39, 0.29) is 12.6 Å². The van der Waals surface area contributed by atoms with Crippen molar-refractivity contribution in [1.29, 1.82) is 0 Å². The number of aliphatic hydroxyl groups excluding tert-OH is 1. The maximum Gasteiger partial charge on any atom is 0.161 e. The summed E-state index contributed by atoms with van der Waals surface area (Å²) < 4.78 is 16.6. The van der Waals surface area contributed by atoms with Crippen molar-refractivity contribution < 1.29 is 19.3 Å². The smallest absolute Gasteiger partial charge is 0.161 e. The first-order valence-corrected chi connectivity index (χ1v) is 10.2. The molecule has 5 nitrogen and oxygen atoms in total. The molecule has 0 radical (unpaired) electrons. The molecular weight excluding hydrogens is 366 g/mol. The summed E-state index contributed by atoms with van der Waals surface area (Å²) in [6, 6.07) is 12.8. The Labute approximate surface area is 171 Å². The second kappa shape index (κ2) is 8.47. The molecule has 0 spiro atoms. The van der Waals surface area contributed by atoms with Crippen LogP contribution < -0.4 is 14.2 Å². The molecule has 3 aromatic rings. The van der Waals surface area contributed by atoms with E-state index in [4.69, 9.17) is 14.2 Å². The topological polar surface area (TPSA) is 51.2 Å². The standard InChI is InChI=1S/C24H29NO4/c1-27-19-7-8-20-17(14-25-9-5-4-6-18(25)15-26)10-16-11-23(28-2)24(29-3)13-21(16)22(20)12-19/h7-8,10-13,18,26H,4-6,9,14-15H2,1-3H3/t18-/m0/s1. The third-order valence-electron chi connectivity index (χ3n) is 6.08. The first-order chi connectivity index (χ1) is 14.2. The van der Waals surface area contributed by atoms with Crippen LogP contribution in [0.2, 0.25) is 0 Å². The van der Waals surface area contributed by atoms with Gasteiger partial charge < -0.3 is 19.3 Å². The van der Waals surface area contributed by atoms with Crippen molar-refractivity contribution in [2.75, 3.05) is 34.5 Å². The highest BCUT2D eigenvalue weighted by atomic mass is 16.5. The minimum absolute atomic E-state index is 0.213. The number of rotatable bonds is 6. The Bertz CT molecular complexity index is 1020. The van der Waals surface area contributed by atoms with Crippen molar-refractivity contribution in [2.45, 2.75) is 31.8 Å². The first-order valence-electron chi connectivity index (χ1n) is 10.2. The van der Waals surface area contributed by atoms with Gasteiger partial charge in [0, 0.05) is 12.6 Å². The molecule has 154 valence electrons. The average Bonchev–Trinajstić information content (AvgIpc) is 2.78. The highest BCUT2D eigenvalue weighted by molar-refractivity contribution is 6.10. The second-order valence-corrected chi connectivity index (χ2v) is 7.68. The van der Waals surface area contributed by atoms with Gasteiger partial charge >= 0.3 is 0 Å². The van der Waals surface area contributed by atoms with E-state index in [9.17, 15) is 5.11 Å². The number of methoxy groups -OCH3 is 3. The van der Waals surface area contributed by atoms with Gasteiger partial charge in [0.1, 0.15) is 5.75 Å². The zero-order valence-corrected chi connectivity index (χ0v) is 17.4. The summed E-state index contributed by atoms with van der Waals surface area (Å²) in [7, 11) is 5.01. The fourth-order valence-electron chi connectivity index (χ4n) is 4.49. The van der Waals surface area contributed by atoms with Crippen LogP contribution in [0, 0.1) is 0 Å². The van der Waals surface area contributed by atoms with Gasteiger partial charge in [0.05, 0.1) is 27.9 Å². The fraction of sp³-hybridized carbons (Fsp3) is 0.417. The van der Waals surface area contributed by atoms with E-state index in [1.807, 2.05) is 18.2 Å². The van der Waals surface area contributed by atoms with E-state index >= 15 is 0 Å². The number of benzene rings is 3. The minimum atomic E-state index is 0.213. The van der Waals surface area contributed by atoms with Crippen molar-refractivity contribution in [3.05, 3.63) is 42.0 Å². The van der Waals surface area contributed by atoms with Crippen LogP contribution in [-0.4, -0.2) is 50.5 Å². The lowest BCUT2D eigenvalue weighted by Gasteiger charge is -2.35. The number of ether oxygens (including phenoxy) is 3. The Morgan fingerprint density at radius 3 is 2.41 bits per heavy atom. The van der Waals surface area contributed by atoms with Gasteiger partial charge in [-0.3, -0.25) is 4.90 Å². The molecule has 29 heavy (non-hydrogen) atoms. The molecule has 1 aliphatic rings. The summed E-state index contributed by atoms with van der Waals surface area (Å²) in [4.78, 5) is 2.41. The molecule has 3 aromatic carbocycles. The maximum atomic E-state index is 9.83. The largest absolute Gasteiger partial charge is 0.497 e. The monoisotopic (exact) mass is 395 g/mol. The lowest BCUT2D eigenvalue weighted by molar-refractivity contribution is 0.0845. The molecule has 1 N–H and O–H groups in total. The van der Waals surface area contributed by atoms with Crippen molar-refractivity contribution in [3.8, 4) is 17.2 Å². The average molecular weight is 395 g/mol. The number of likely N-dealkylation sites (tertiary alicyclic amines) is 1. The van der Waals surface area contributed by atoms with E-state index in [2.05, 4.69) is 23.1 Å². The van der Waals surface area contributed by atoms with Crippen LogP contribution in [0.4, 0.5) is 0 Å². The molecule has 0 aliphatic carbocycles. The Morgan fingerprint density at radius 1 is 0.897 bits per heavy atom. The van der Waals surface area contributed by atoms with Gasteiger partial charge in [-0.2, -0.15) is 0 Å². The van der Waals surface area contributed by atoms with Gasteiger partial charge in [0.25, 0.3) is 0 Å². The molecule has 1 aliphatic heterocycles. The molecule has 0 bridgehead atoms. The van der Waals surface area contributed by atoms with Crippen LogP contribution in [0.1, 0.15) is 24.8 Å². The molecule has 0 unspecified atom stereocenters. The number of fused-ring (bicyclic) bond motifs is 3. The van der Waals surface area contributed by atoms with Crippen molar-refractivity contribution >= 4 is 21.5 Å². The van der Waals surface area contributed by atoms with Crippen LogP contribution >= 0.6 is 0 Å². The summed E-state index contributed by atoms with van der Waals surface area (Å²) in [5.41, 5.74) is 1.25. The van der Waals surface area contributed by atoms with Gasteiger partial charge in [-0.15, -0.1) is 0 Å². The molecule has 1 saturated heterocycles. The Balaban J connectivity index is 1.90. The van der Waals surface area contributed by atoms with Crippen LogP contribution in [0.5, 0.6) is 17.2 Å². The van der Waals surface area contributed by atoms with E-state index in [1.165, 1.54) is 23.8 Å². The fourth-order valence-corrected chi connectivity index (χ4v) is 4.49. The Kier molecular flexibility index (Phi) is 5.79. The maximum absolute atomic E-state index is 9.83. The number of aliphatic hydroxyl groups is 1. The van der Waals surface area contributed by atoms with E-state index in [0.717, 1.165) is 47.2 Å². The molecule has 0 amide bonds. The summed E-state index contributed by atoms with van der Waals surface area (Å²) in [5.74, 6) is 2.27. The van der Waals surface area contributed by atoms with Crippen molar-refractivity contribution in [1.82, 2.24) is 4.90 Å². The van der Waals surface area contributed by atoms with Gasteiger partial charge in [0.2, 0.25) is 0 Å². The summed E-state index contributed by atoms with van der Waals surface area (Å²) in [6.45, 7) is 2.05. The summed E-state index contributed by atoms with van der Waals surface area (Å²) in [5, 5.41) is 14.4. The Morgan fingerprint density at radius 2 is 1.69 bits per heavy atom. The summed E-state index contributed by atoms with van der Waals surface area (Å²) >= 11 is 0. The number of hydrogen-bond acceptors (Lipinski definition) is 5. The highest BCUT2D eigenvalue weighted by Gasteiger charge is 2.23. The molecule has 5 heteroatoms. The summed E-state index contributed by atoms with van der Waals surface area (Å²) in [6.07, 6.45) is 3.43. The third kappa shape index (κ3) is 3.72. The van der Waals surface area contributed by atoms with Crippen LogP contribution in [0.25, 0.3) is 21.5 Å². The lowest BCUT2D eigenvalue weighted by atomic mass is 9.95. The minimum Gasteiger partial charge on any atom is -0.497 e. The van der Waals surface area contributed by atoms with E-state index in [1.54, 1.807) is 21.3 Å². The predicted molar refractivity (Wildman–Crippen MR) is 116 cm³/mol. The van der Waals surface area contributed by atoms with Gasteiger partial charge in [-0.25, -0.2) is 0 Å². The first kappa shape index (κ1) is 19.8. The number of hydrogen-bond donors (Lipinski definition) is 1. The number of piperidine rings is 1. The van der Waals surface area contributed by atoms with E-state index < -0.39 is 0 Å². The lowest BCUT2D eigenvalue weighted by Crippen LogP contribution is -2.41. The van der Waals surface area contributed by atoms with Crippen LogP contribution in [-0.2, 0) is 6.54 Å². The molecule has 1 atom stereocenters. The molecular formula is C24H29NO4. The molecule has 0 saturated carbocycles. The molecule has 1 fully saturated rings. The normalized spacial score (nSPS) is 17.6.